The van der Waals surface area contributed by atoms with Crippen LogP contribution in [0.3, 0.4) is 0 Å². The molecule has 1 heterocycles. The largest absolute Gasteiger partial charge is 0.438 e. The van der Waals surface area contributed by atoms with Crippen molar-refractivity contribution < 1.29 is 13.9 Å². The fraction of sp³-hybridized carbons (Fsp3) is 0.333. The highest BCUT2D eigenvalue weighted by Gasteiger charge is 2.34. The summed E-state index contributed by atoms with van der Waals surface area (Å²) in [6.07, 6.45) is 3.65. The first-order chi connectivity index (χ1) is 11.5. The van der Waals surface area contributed by atoms with Crippen LogP contribution in [0.15, 0.2) is 41.0 Å². The number of nitrogens with zero attached hydrogens (tertiary/aromatic N) is 2. The number of pyridine rings is 1. The molecule has 0 bridgehead atoms. The van der Waals surface area contributed by atoms with Crippen LogP contribution in [0.1, 0.15) is 37.0 Å². The number of halogens is 2. The van der Waals surface area contributed by atoms with E-state index in [1.807, 2.05) is 18.7 Å². The average Bonchev–Trinajstić information content (AvgIpc) is 3.35. The van der Waals surface area contributed by atoms with Crippen molar-refractivity contribution in [1.29, 1.82) is 0 Å². The molecule has 2 aromatic rings. The SMILES string of the molecule is CC(C)N(C(=O)c1ccc(Oc2ccc(F)cc2Br)nc1)C1CC1. The summed E-state index contributed by atoms with van der Waals surface area (Å²) in [5.74, 6) is 0.456. The van der Waals surface area contributed by atoms with Gasteiger partial charge in [-0.05, 0) is 66.9 Å². The van der Waals surface area contributed by atoms with Gasteiger partial charge in [-0.25, -0.2) is 9.37 Å². The Balaban J connectivity index is 1.74. The molecule has 6 heteroatoms. The molecule has 1 saturated carbocycles. The third kappa shape index (κ3) is 3.75. The Labute approximate surface area is 148 Å². The lowest BCUT2D eigenvalue weighted by molar-refractivity contribution is 0.0690. The second-order valence-electron chi connectivity index (χ2n) is 6.10. The summed E-state index contributed by atoms with van der Waals surface area (Å²) in [6.45, 7) is 4.04. The molecule has 0 spiro atoms. The highest BCUT2D eigenvalue weighted by atomic mass is 79.9. The molecule has 1 amide bonds. The first kappa shape index (κ1) is 16.9. The highest BCUT2D eigenvalue weighted by Crippen LogP contribution is 2.31. The van der Waals surface area contributed by atoms with Crippen molar-refractivity contribution in [1.82, 2.24) is 9.88 Å². The predicted octanol–water partition coefficient (Wildman–Crippen LogP) is 4.79. The van der Waals surface area contributed by atoms with Crippen LogP contribution in [0.5, 0.6) is 11.6 Å². The molecule has 0 unspecified atom stereocenters. The highest BCUT2D eigenvalue weighted by molar-refractivity contribution is 9.10. The third-order valence-electron chi connectivity index (χ3n) is 3.82. The van der Waals surface area contributed by atoms with Gasteiger partial charge in [0.15, 0.2) is 0 Å². The van der Waals surface area contributed by atoms with E-state index in [4.69, 9.17) is 4.74 Å². The van der Waals surface area contributed by atoms with Crippen molar-refractivity contribution in [2.75, 3.05) is 0 Å². The molecule has 1 aromatic carbocycles. The van der Waals surface area contributed by atoms with Crippen LogP contribution < -0.4 is 4.74 Å². The maximum absolute atomic E-state index is 13.1. The molecular weight excluding hydrogens is 375 g/mol. The number of rotatable bonds is 5. The van der Waals surface area contributed by atoms with Gasteiger partial charge in [0.1, 0.15) is 11.6 Å². The molecule has 0 aliphatic heterocycles. The maximum atomic E-state index is 13.1. The Hall–Kier alpha value is -1.95. The Bertz CT molecular complexity index is 743. The van der Waals surface area contributed by atoms with Crippen LogP contribution in [-0.2, 0) is 0 Å². The molecule has 0 atom stereocenters. The number of hydrogen-bond donors (Lipinski definition) is 0. The summed E-state index contributed by atoms with van der Waals surface area (Å²) in [5, 5.41) is 0. The zero-order valence-electron chi connectivity index (χ0n) is 13.5. The Morgan fingerprint density at radius 3 is 2.62 bits per heavy atom. The van der Waals surface area contributed by atoms with E-state index in [9.17, 15) is 9.18 Å². The molecular formula is C18H18BrFN2O2. The van der Waals surface area contributed by atoms with Crippen LogP contribution in [0.25, 0.3) is 0 Å². The molecule has 4 nitrogen and oxygen atoms in total. The lowest BCUT2D eigenvalue weighted by Crippen LogP contribution is -2.38. The number of aromatic nitrogens is 1. The van der Waals surface area contributed by atoms with Gasteiger partial charge in [-0.15, -0.1) is 0 Å². The number of ether oxygens (including phenoxy) is 1. The molecule has 1 aliphatic carbocycles. The molecule has 126 valence electrons. The van der Waals surface area contributed by atoms with Gasteiger partial charge in [-0.3, -0.25) is 4.79 Å². The van der Waals surface area contributed by atoms with Gasteiger partial charge in [0, 0.05) is 24.3 Å². The summed E-state index contributed by atoms with van der Waals surface area (Å²) in [6, 6.07) is 8.03. The fourth-order valence-electron chi connectivity index (χ4n) is 2.56. The summed E-state index contributed by atoms with van der Waals surface area (Å²) in [5.41, 5.74) is 0.543. The molecule has 1 aromatic heterocycles. The van der Waals surface area contributed by atoms with E-state index in [0.717, 1.165) is 12.8 Å². The summed E-state index contributed by atoms with van der Waals surface area (Å²) < 4.78 is 19.2. The van der Waals surface area contributed by atoms with Crippen molar-refractivity contribution in [3.8, 4) is 11.6 Å². The molecule has 1 aliphatic rings. The van der Waals surface area contributed by atoms with Gasteiger partial charge in [0.25, 0.3) is 5.91 Å². The summed E-state index contributed by atoms with van der Waals surface area (Å²) >= 11 is 3.25. The number of benzene rings is 1. The van der Waals surface area contributed by atoms with Gasteiger partial charge >= 0.3 is 0 Å². The van der Waals surface area contributed by atoms with Gasteiger partial charge in [-0.2, -0.15) is 0 Å². The van der Waals surface area contributed by atoms with Crippen molar-refractivity contribution in [2.45, 2.75) is 38.8 Å². The van der Waals surface area contributed by atoms with Crippen molar-refractivity contribution in [2.24, 2.45) is 0 Å². The van der Waals surface area contributed by atoms with Crippen LogP contribution >= 0.6 is 15.9 Å². The number of carbonyl (C=O) groups excluding carboxylic acids is 1. The van der Waals surface area contributed by atoms with Crippen LogP contribution in [0.4, 0.5) is 4.39 Å². The Morgan fingerprint density at radius 1 is 1.33 bits per heavy atom. The van der Waals surface area contributed by atoms with Gasteiger partial charge in [0.05, 0.1) is 10.0 Å². The quantitative estimate of drug-likeness (QED) is 0.734. The number of carbonyl (C=O) groups is 1. The lowest BCUT2D eigenvalue weighted by atomic mass is 10.2. The van der Waals surface area contributed by atoms with Crippen LogP contribution in [0, 0.1) is 5.82 Å². The van der Waals surface area contributed by atoms with E-state index in [-0.39, 0.29) is 17.8 Å². The van der Waals surface area contributed by atoms with Crippen molar-refractivity contribution in [3.63, 3.8) is 0 Å². The fourth-order valence-corrected chi connectivity index (χ4v) is 2.99. The van der Waals surface area contributed by atoms with Crippen LogP contribution in [-0.4, -0.2) is 27.9 Å². The van der Waals surface area contributed by atoms with Gasteiger partial charge in [-0.1, -0.05) is 0 Å². The van der Waals surface area contributed by atoms with Crippen molar-refractivity contribution in [3.05, 3.63) is 52.4 Å². The molecule has 1 fully saturated rings. The number of amides is 1. The Morgan fingerprint density at radius 2 is 2.08 bits per heavy atom. The van der Waals surface area contributed by atoms with Gasteiger partial charge in [0.2, 0.25) is 5.88 Å². The minimum atomic E-state index is -0.350. The van der Waals surface area contributed by atoms with Gasteiger partial charge < -0.3 is 9.64 Å². The molecule has 3 rings (SSSR count). The lowest BCUT2D eigenvalue weighted by Gasteiger charge is -2.26. The second-order valence-corrected chi connectivity index (χ2v) is 6.95. The second kappa shape index (κ2) is 6.89. The standard InChI is InChI=1S/C18H18BrFN2O2/c1-11(2)22(14-5-6-14)18(23)12-3-8-17(21-10-12)24-16-7-4-13(20)9-15(16)19/h3-4,7-11,14H,5-6H2,1-2H3. The third-order valence-corrected chi connectivity index (χ3v) is 4.44. The molecule has 0 radical (unpaired) electrons. The topological polar surface area (TPSA) is 42.4 Å². The first-order valence-electron chi connectivity index (χ1n) is 7.87. The first-order valence-corrected chi connectivity index (χ1v) is 8.66. The predicted molar refractivity (Wildman–Crippen MR) is 92.7 cm³/mol. The van der Waals surface area contributed by atoms with E-state index >= 15 is 0 Å². The molecule has 0 N–H and O–H groups in total. The summed E-state index contributed by atoms with van der Waals surface area (Å²) in [7, 11) is 0. The zero-order valence-corrected chi connectivity index (χ0v) is 15.1. The minimum absolute atomic E-state index is 0.00508. The maximum Gasteiger partial charge on any atom is 0.255 e. The van der Waals surface area contributed by atoms with E-state index < -0.39 is 0 Å². The van der Waals surface area contributed by atoms with Crippen molar-refractivity contribution >= 4 is 21.8 Å². The summed E-state index contributed by atoms with van der Waals surface area (Å²) in [4.78, 5) is 18.7. The molecule has 24 heavy (non-hydrogen) atoms. The van der Waals surface area contributed by atoms with E-state index in [1.165, 1.54) is 24.4 Å². The molecule has 0 saturated heterocycles. The van der Waals surface area contributed by atoms with E-state index in [0.29, 0.717) is 27.7 Å². The van der Waals surface area contributed by atoms with E-state index in [1.54, 1.807) is 12.1 Å². The average molecular weight is 393 g/mol. The number of hydrogen-bond acceptors (Lipinski definition) is 3. The normalized spacial score (nSPS) is 13.9. The smallest absolute Gasteiger partial charge is 0.255 e. The zero-order chi connectivity index (χ0) is 17.3. The van der Waals surface area contributed by atoms with E-state index in [2.05, 4.69) is 20.9 Å². The minimum Gasteiger partial charge on any atom is -0.438 e. The monoisotopic (exact) mass is 392 g/mol. The van der Waals surface area contributed by atoms with Crippen LogP contribution in [0.2, 0.25) is 0 Å². The Kier molecular flexibility index (Phi) is 4.85.